The molecule has 0 aromatic rings. The van der Waals surface area contributed by atoms with E-state index >= 15 is 9.13 Å². The van der Waals surface area contributed by atoms with Crippen molar-refractivity contribution < 1.29 is 19.0 Å². The van der Waals surface area contributed by atoms with Crippen LogP contribution in [0, 0.1) is 0 Å². The van der Waals surface area contributed by atoms with Crippen molar-refractivity contribution in [1.82, 2.24) is 4.44 Å². The Balaban J connectivity index is 5.90. The molecule has 0 aromatic heterocycles. The highest BCUT2D eigenvalue weighted by molar-refractivity contribution is 7.76. The van der Waals surface area contributed by atoms with E-state index in [0.717, 1.165) is 116 Å². The Bertz CT molecular complexity index is 744. The van der Waals surface area contributed by atoms with Crippen LogP contribution in [-0.4, -0.2) is 46.7 Å². The van der Waals surface area contributed by atoms with E-state index in [1.54, 1.807) is 0 Å². The number of allylic oxidation sites excluding steroid dienone is 2. The Morgan fingerprint density at radius 2 is 0.841 bits per heavy atom. The van der Waals surface area contributed by atoms with Crippen molar-refractivity contribution in [3.63, 3.8) is 0 Å². The van der Waals surface area contributed by atoms with Gasteiger partial charge in [0.05, 0.1) is 6.42 Å². The number of hydrogen-bond donors (Lipinski definition) is 1. The van der Waals surface area contributed by atoms with Crippen molar-refractivity contribution in [2.24, 2.45) is 0 Å². The van der Waals surface area contributed by atoms with Crippen LogP contribution in [0.3, 0.4) is 0 Å². The lowest BCUT2D eigenvalue weighted by molar-refractivity contribution is -0.136. The molecule has 0 fully saturated rings. The summed E-state index contributed by atoms with van der Waals surface area (Å²) in [5.41, 5.74) is 0. The summed E-state index contributed by atoms with van der Waals surface area (Å²) >= 11 is 0. The number of hydrogen-bond acceptors (Lipinski definition) is 3. The molecular formula is C37H73NO4P2. The summed E-state index contributed by atoms with van der Waals surface area (Å²) < 4.78 is 32.1. The molecule has 0 saturated carbocycles. The van der Waals surface area contributed by atoms with Gasteiger partial charge in [0, 0.05) is 31.2 Å². The van der Waals surface area contributed by atoms with Gasteiger partial charge in [-0.25, -0.2) is 4.44 Å². The van der Waals surface area contributed by atoms with Crippen LogP contribution in [0.1, 0.15) is 174 Å². The molecule has 0 rings (SSSR count). The van der Waals surface area contributed by atoms with Gasteiger partial charge < -0.3 is 14.2 Å². The molecule has 7 heteroatoms. The fraction of sp³-hybridized carbons (Fsp3) is 0.865. The quantitative estimate of drug-likeness (QED) is 0.0417. The summed E-state index contributed by atoms with van der Waals surface area (Å²) in [4.78, 5) is 11.8. The van der Waals surface area contributed by atoms with Gasteiger partial charge in [0.25, 0.3) is 0 Å². The second-order valence-electron chi connectivity index (χ2n) is 13.1. The van der Waals surface area contributed by atoms with Gasteiger partial charge in [0.15, 0.2) is 14.6 Å². The fourth-order valence-corrected chi connectivity index (χ4v) is 14.8. The molecule has 0 saturated heterocycles. The van der Waals surface area contributed by atoms with E-state index in [1.165, 1.54) is 38.5 Å². The molecule has 0 aliphatic carbocycles. The third-order valence-electron chi connectivity index (χ3n) is 8.92. The second-order valence-corrected chi connectivity index (χ2v) is 19.5. The molecule has 44 heavy (non-hydrogen) atoms. The maximum absolute atomic E-state index is 15.1. The summed E-state index contributed by atoms with van der Waals surface area (Å²) in [6.07, 6.45) is 32.2. The van der Waals surface area contributed by atoms with E-state index < -0.39 is 20.6 Å². The normalized spacial score (nSPS) is 14.3. The summed E-state index contributed by atoms with van der Waals surface area (Å²) in [5.74, 6) is -0.892. The maximum Gasteiger partial charge on any atom is 0.304 e. The van der Waals surface area contributed by atoms with Crippen molar-refractivity contribution >= 4 is 20.6 Å². The van der Waals surface area contributed by atoms with Gasteiger partial charge in [-0.3, -0.25) is 4.79 Å². The van der Waals surface area contributed by atoms with Crippen LogP contribution in [0.2, 0.25) is 0 Å². The van der Waals surface area contributed by atoms with Crippen LogP contribution < -0.4 is 0 Å². The number of carboxylic acids is 1. The van der Waals surface area contributed by atoms with Crippen molar-refractivity contribution in [2.45, 2.75) is 174 Å². The largest absolute Gasteiger partial charge is 0.481 e. The van der Waals surface area contributed by atoms with Crippen LogP contribution in [0.5, 0.6) is 0 Å². The number of aliphatic carboxylic acids is 1. The molecule has 0 radical (unpaired) electrons. The number of carbonyl (C=O) groups is 1. The average molecular weight is 658 g/mol. The van der Waals surface area contributed by atoms with Crippen molar-refractivity contribution in [2.75, 3.05) is 31.2 Å². The predicted molar refractivity (Wildman–Crippen MR) is 196 cm³/mol. The Morgan fingerprint density at radius 1 is 0.545 bits per heavy atom. The molecule has 5 nitrogen and oxygen atoms in total. The molecule has 0 spiro atoms. The van der Waals surface area contributed by atoms with Gasteiger partial charge in [-0.15, -0.1) is 13.2 Å². The topological polar surface area (TPSA) is 74.7 Å². The minimum Gasteiger partial charge on any atom is -0.481 e. The molecule has 2 atom stereocenters. The monoisotopic (exact) mass is 658 g/mol. The van der Waals surface area contributed by atoms with E-state index in [1.807, 2.05) is 16.6 Å². The van der Waals surface area contributed by atoms with Crippen LogP contribution >= 0.6 is 14.6 Å². The SMILES string of the molecule is C=CCCCCCCCP(=O)(CCCCCCCC)N(CCC(=O)O)P(=O)(CCCCCCCC)CCCCCCCC=C. The lowest BCUT2D eigenvalue weighted by atomic mass is 10.1. The first-order valence-electron chi connectivity index (χ1n) is 18.7. The zero-order chi connectivity index (χ0) is 32.8. The minimum absolute atomic E-state index is 0.0932. The Hall–Kier alpha value is -0.630. The van der Waals surface area contributed by atoms with E-state index in [2.05, 4.69) is 27.0 Å². The Kier molecular flexibility index (Phi) is 29.3. The average Bonchev–Trinajstić information content (AvgIpc) is 2.99. The molecule has 0 heterocycles. The summed E-state index contributed by atoms with van der Waals surface area (Å²) in [6, 6.07) is 0. The van der Waals surface area contributed by atoms with Crippen LogP contribution in [0.25, 0.3) is 0 Å². The highest BCUT2D eigenvalue weighted by Gasteiger charge is 2.41. The molecule has 0 amide bonds. The molecular weight excluding hydrogens is 584 g/mol. The van der Waals surface area contributed by atoms with Crippen LogP contribution in [0.4, 0.5) is 0 Å². The van der Waals surface area contributed by atoms with Gasteiger partial charge in [-0.1, -0.05) is 129 Å². The molecule has 1 N–H and O–H groups in total. The molecule has 2 unspecified atom stereocenters. The third kappa shape index (κ3) is 22.8. The molecule has 0 bridgehead atoms. The molecule has 0 aliphatic rings. The smallest absolute Gasteiger partial charge is 0.304 e. The summed E-state index contributed by atoms with van der Waals surface area (Å²) in [6.45, 7) is 12.2. The lowest BCUT2D eigenvalue weighted by Crippen LogP contribution is -2.27. The standard InChI is InChI=1S/C37H73NO4P2/c1-5-9-13-17-21-25-29-35-43(41,33-27-23-19-15-11-7-3)38(32-31-37(39)40)44(42,34-28-24-20-16-12-8-4)36-30-26-22-18-14-10-6-2/h5-6H,1-2,7-36H2,3-4H3,(H,39,40). The Morgan fingerprint density at radius 3 is 1.14 bits per heavy atom. The fourth-order valence-electron chi connectivity index (χ4n) is 6.18. The number of carboxylic acid groups (broad SMARTS) is 1. The zero-order valence-electron chi connectivity index (χ0n) is 29.3. The van der Waals surface area contributed by atoms with E-state index in [-0.39, 0.29) is 13.0 Å². The summed E-state index contributed by atoms with van der Waals surface area (Å²) in [5, 5.41) is 9.70. The Labute approximate surface area is 274 Å². The van der Waals surface area contributed by atoms with Crippen molar-refractivity contribution in [1.29, 1.82) is 0 Å². The number of rotatable bonds is 35. The van der Waals surface area contributed by atoms with Crippen LogP contribution in [-0.2, 0) is 13.9 Å². The number of nitrogens with zero attached hydrogens (tertiary/aromatic N) is 1. The first-order chi connectivity index (χ1) is 21.3. The highest BCUT2D eigenvalue weighted by Crippen LogP contribution is 2.67. The van der Waals surface area contributed by atoms with E-state index in [9.17, 15) is 9.90 Å². The van der Waals surface area contributed by atoms with E-state index in [0.29, 0.717) is 24.6 Å². The first-order valence-corrected chi connectivity index (χ1v) is 22.7. The minimum atomic E-state index is -2.98. The van der Waals surface area contributed by atoms with Gasteiger partial charge in [0.1, 0.15) is 0 Å². The van der Waals surface area contributed by atoms with Gasteiger partial charge in [-0.2, -0.15) is 0 Å². The lowest BCUT2D eigenvalue weighted by Gasteiger charge is -2.38. The highest BCUT2D eigenvalue weighted by atomic mass is 31.2. The van der Waals surface area contributed by atoms with Crippen molar-refractivity contribution in [3.05, 3.63) is 25.3 Å². The van der Waals surface area contributed by atoms with Gasteiger partial charge in [0.2, 0.25) is 0 Å². The second kappa shape index (κ2) is 29.8. The third-order valence-corrected chi connectivity index (χ3v) is 17.0. The molecule has 260 valence electrons. The summed E-state index contributed by atoms with van der Waals surface area (Å²) in [7, 11) is -5.96. The molecule has 0 aliphatic heterocycles. The number of unbranched alkanes of at least 4 members (excludes halogenated alkanes) is 20. The predicted octanol–water partition coefficient (Wildman–Crippen LogP) is 13.1. The molecule has 0 aromatic carbocycles. The zero-order valence-corrected chi connectivity index (χ0v) is 31.1. The van der Waals surface area contributed by atoms with E-state index in [4.69, 9.17) is 0 Å². The van der Waals surface area contributed by atoms with Crippen LogP contribution in [0.15, 0.2) is 25.3 Å². The maximum atomic E-state index is 15.1. The first kappa shape index (κ1) is 43.4. The van der Waals surface area contributed by atoms with Gasteiger partial charge in [-0.05, 0) is 51.4 Å². The van der Waals surface area contributed by atoms with Gasteiger partial charge >= 0.3 is 5.97 Å². The van der Waals surface area contributed by atoms with Crippen molar-refractivity contribution in [3.8, 4) is 0 Å².